The number of hydrogen-bond acceptors (Lipinski definition) is 5. The molecule has 0 atom stereocenters. The second kappa shape index (κ2) is 9.01. The van der Waals surface area contributed by atoms with Crippen molar-refractivity contribution in [1.82, 2.24) is 30.7 Å². The van der Waals surface area contributed by atoms with Gasteiger partial charge in [0.05, 0.1) is 0 Å². The van der Waals surface area contributed by atoms with Gasteiger partial charge < -0.3 is 20.1 Å². The van der Waals surface area contributed by atoms with Crippen molar-refractivity contribution in [1.29, 1.82) is 0 Å². The lowest BCUT2D eigenvalue weighted by Gasteiger charge is -2.10. The first-order valence-electron chi connectivity index (χ1n) is 9.57. The molecule has 3 heterocycles. The van der Waals surface area contributed by atoms with Crippen molar-refractivity contribution >= 4 is 16.9 Å². The molecule has 0 aliphatic carbocycles. The molecular formula is C21H23N7O. The highest BCUT2D eigenvalue weighted by Gasteiger charge is 2.09. The summed E-state index contributed by atoms with van der Waals surface area (Å²) in [6, 6.07) is 13.9. The van der Waals surface area contributed by atoms with Crippen LogP contribution < -0.4 is 10.6 Å². The first-order valence-corrected chi connectivity index (χ1v) is 9.57. The summed E-state index contributed by atoms with van der Waals surface area (Å²) in [4.78, 5) is 16.2. The molecule has 0 radical (unpaired) electrons. The lowest BCUT2D eigenvalue weighted by atomic mass is 10.1. The van der Waals surface area contributed by atoms with Gasteiger partial charge in [-0.25, -0.2) is 0 Å². The molecule has 0 saturated carbocycles. The van der Waals surface area contributed by atoms with E-state index < -0.39 is 0 Å². The number of rotatable bonds is 7. The summed E-state index contributed by atoms with van der Waals surface area (Å²) in [6.07, 6.45) is 5.30. The van der Waals surface area contributed by atoms with Crippen molar-refractivity contribution in [3.05, 3.63) is 66.2 Å². The van der Waals surface area contributed by atoms with Gasteiger partial charge in [0, 0.05) is 49.9 Å². The minimum Gasteiger partial charge on any atom is -0.361 e. The number of fused-ring (bicyclic) bond motifs is 1. The van der Waals surface area contributed by atoms with Gasteiger partial charge in [0.25, 0.3) is 5.89 Å². The van der Waals surface area contributed by atoms with Crippen molar-refractivity contribution in [2.24, 2.45) is 4.99 Å². The molecule has 8 nitrogen and oxygen atoms in total. The van der Waals surface area contributed by atoms with Crippen LogP contribution in [0.5, 0.6) is 0 Å². The number of pyridine rings is 1. The maximum atomic E-state index is 5.28. The van der Waals surface area contributed by atoms with Gasteiger partial charge in [0.2, 0.25) is 0 Å². The van der Waals surface area contributed by atoms with Gasteiger partial charge in [-0.1, -0.05) is 29.4 Å². The Morgan fingerprint density at radius 2 is 1.90 bits per heavy atom. The number of benzene rings is 1. The minimum atomic E-state index is 0.432. The van der Waals surface area contributed by atoms with Gasteiger partial charge in [-0.15, -0.1) is 0 Å². The third-order valence-electron chi connectivity index (χ3n) is 4.58. The van der Waals surface area contributed by atoms with Crippen LogP contribution in [0.1, 0.15) is 11.4 Å². The quantitative estimate of drug-likeness (QED) is 0.331. The highest BCUT2D eigenvalue weighted by atomic mass is 16.5. The Morgan fingerprint density at radius 3 is 2.72 bits per heavy atom. The van der Waals surface area contributed by atoms with Crippen molar-refractivity contribution in [2.75, 3.05) is 20.1 Å². The topological polar surface area (TPSA) is 104 Å². The number of nitrogens with one attached hydrogen (secondary N) is 3. The molecule has 0 unspecified atom stereocenters. The van der Waals surface area contributed by atoms with Gasteiger partial charge in [-0.3, -0.25) is 9.98 Å². The van der Waals surface area contributed by atoms with Crippen LogP contribution in [0, 0.1) is 0 Å². The van der Waals surface area contributed by atoms with E-state index in [-0.39, 0.29) is 0 Å². The van der Waals surface area contributed by atoms with Crippen molar-refractivity contribution in [3.8, 4) is 11.6 Å². The zero-order valence-electron chi connectivity index (χ0n) is 16.2. The normalized spacial score (nSPS) is 11.7. The molecule has 0 bridgehead atoms. The Balaban J connectivity index is 1.23. The molecule has 0 saturated heterocycles. The van der Waals surface area contributed by atoms with Gasteiger partial charge >= 0.3 is 0 Å². The lowest BCUT2D eigenvalue weighted by Crippen LogP contribution is -2.39. The predicted octanol–water partition coefficient (Wildman–Crippen LogP) is 2.56. The zero-order chi connectivity index (χ0) is 19.9. The van der Waals surface area contributed by atoms with Gasteiger partial charge in [-0.05, 0) is 30.2 Å². The van der Waals surface area contributed by atoms with E-state index in [0.29, 0.717) is 30.4 Å². The molecule has 0 aliphatic heterocycles. The fraction of sp³-hybridized carbons (Fsp3) is 0.238. The van der Waals surface area contributed by atoms with E-state index in [1.54, 1.807) is 13.2 Å². The second-order valence-electron chi connectivity index (χ2n) is 6.52. The molecule has 3 N–H and O–H groups in total. The highest BCUT2D eigenvalue weighted by Crippen LogP contribution is 2.17. The maximum absolute atomic E-state index is 5.28. The van der Waals surface area contributed by atoms with Crippen molar-refractivity contribution in [2.45, 2.75) is 12.8 Å². The largest absolute Gasteiger partial charge is 0.361 e. The Kier molecular flexibility index (Phi) is 5.80. The van der Waals surface area contributed by atoms with E-state index in [1.165, 1.54) is 10.9 Å². The molecule has 4 aromatic rings. The number of aliphatic imine (C=N–C) groups is 1. The molecule has 0 spiro atoms. The van der Waals surface area contributed by atoms with Crippen LogP contribution >= 0.6 is 0 Å². The number of hydrogen-bond donors (Lipinski definition) is 3. The molecule has 148 valence electrons. The fourth-order valence-corrected chi connectivity index (χ4v) is 3.12. The standard InChI is InChI=1S/C21H23N7O/c1-22-21(24-12-9-15-14-26-17-7-3-2-6-16(15)17)25-13-10-19-27-20(29-28-19)18-8-4-5-11-23-18/h2-8,11,14,26H,9-10,12-13H2,1H3,(H2,22,24,25). The smallest absolute Gasteiger partial charge is 0.276 e. The van der Waals surface area contributed by atoms with E-state index in [1.807, 2.05) is 24.3 Å². The fourth-order valence-electron chi connectivity index (χ4n) is 3.12. The van der Waals surface area contributed by atoms with Crippen LogP contribution in [-0.4, -0.2) is 46.2 Å². The Morgan fingerprint density at radius 1 is 1.07 bits per heavy atom. The Labute approximate surface area is 168 Å². The third kappa shape index (κ3) is 4.60. The summed E-state index contributed by atoms with van der Waals surface area (Å²) in [5.74, 6) is 1.81. The summed E-state index contributed by atoms with van der Waals surface area (Å²) >= 11 is 0. The third-order valence-corrected chi connectivity index (χ3v) is 4.58. The highest BCUT2D eigenvalue weighted by molar-refractivity contribution is 5.83. The molecule has 8 heteroatoms. The summed E-state index contributed by atoms with van der Waals surface area (Å²) in [5, 5.41) is 11.9. The number of aromatic amines is 1. The molecule has 0 aliphatic rings. The van der Waals surface area contributed by atoms with Gasteiger partial charge in [0.1, 0.15) is 5.69 Å². The van der Waals surface area contributed by atoms with E-state index in [2.05, 4.69) is 60.1 Å². The van der Waals surface area contributed by atoms with E-state index >= 15 is 0 Å². The number of H-pyrrole nitrogens is 1. The summed E-state index contributed by atoms with van der Waals surface area (Å²) in [6.45, 7) is 1.43. The van der Waals surface area contributed by atoms with Crippen molar-refractivity contribution in [3.63, 3.8) is 0 Å². The first kappa shape index (κ1) is 18.7. The van der Waals surface area contributed by atoms with Crippen LogP contribution in [-0.2, 0) is 12.8 Å². The molecular weight excluding hydrogens is 366 g/mol. The average molecular weight is 389 g/mol. The second-order valence-corrected chi connectivity index (χ2v) is 6.52. The Bertz CT molecular complexity index is 1080. The maximum Gasteiger partial charge on any atom is 0.276 e. The van der Waals surface area contributed by atoms with E-state index in [4.69, 9.17) is 4.52 Å². The van der Waals surface area contributed by atoms with E-state index in [9.17, 15) is 0 Å². The molecule has 4 rings (SSSR count). The van der Waals surface area contributed by atoms with Gasteiger partial charge in [-0.2, -0.15) is 4.98 Å². The SMILES string of the molecule is CN=C(NCCc1noc(-c2ccccn2)n1)NCCc1c[nH]c2ccccc12. The van der Waals surface area contributed by atoms with Crippen LogP contribution in [0.2, 0.25) is 0 Å². The minimum absolute atomic E-state index is 0.432. The predicted molar refractivity (Wildman–Crippen MR) is 113 cm³/mol. The van der Waals surface area contributed by atoms with Crippen LogP contribution in [0.3, 0.4) is 0 Å². The van der Waals surface area contributed by atoms with Crippen LogP contribution in [0.25, 0.3) is 22.5 Å². The van der Waals surface area contributed by atoms with Crippen LogP contribution in [0.15, 0.2) is 64.4 Å². The average Bonchev–Trinajstić information content (AvgIpc) is 3.41. The molecule has 3 aromatic heterocycles. The molecule has 0 amide bonds. The zero-order valence-corrected chi connectivity index (χ0v) is 16.2. The lowest BCUT2D eigenvalue weighted by molar-refractivity contribution is 0.421. The monoisotopic (exact) mass is 389 g/mol. The summed E-state index contributed by atoms with van der Waals surface area (Å²) < 4.78 is 5.28. The number of nitrogens with zero attached hydrogens (tertiary/aromatic N) is 4. The number of aromatic nitrogens is 4. The Hall–Kier alpha value is -3.68. The summed E-state index contributed by atoms with van der Waals surface area (Å²) in [5.41, 5.74) is 3.13. The first-order chi connectivity index (χ1) is 14.3. The summed E-state index contributed by atoms with van der Waals surface area (Å²) in [7, 11) is 1.76. The van der Waals surface area contributed by atoms with Crippen molar-refractivity contribution < 1.29 is 4.52 Å². The molecule has 29 heavy (non-hydrogen) atoms. The van der Waals surface area contributed by atoms with Crippen LogP contribution in [0.4, 0.5) is 0 Å². The number of para-hydroxylation sites is 1. The van der Waals surface area contributed by atoms with E-state index in [0.717, 1.165) is 24.4 Å². The number of guanidine groups is 1. The van der Waals surface area contributed by atoms with Gasteiger partial charge in [0.15, 0.2) is 11.8 Å². The molecule has 0 fully saturated rings. The molecule has 1 aromatic carbocycles.